The van der Waals surface area contributed by atoms with Gasteiger partial charge in [0.05, 0.1) is 12.7 Å². The Morgan fingerprint density at radius 3 is 2.83 bits per heavy atom. The second-order valence-corrected chi connectivity index (χ2v) is 3.18. The van der Waals surface area contributed by atoms with E-state index in [1.807, 2.05) is 10.9 Å². The summed E-state index contributed by atoms with van der Waals surface area (Å²) in [7, 11) is 2.12. The molecule has 0 bridgehead atoms. The first-order chi connectivity index (χ1) is 5.72. The maximum Gasteiger partial charge on any atom is 0.0536 e. The van der Waals surface area contributed by atoms with Gasteiger partial charge in [0.15, 0.2) is 0 Å². The van der Waals surface area contributed by atoms with Gasteiger partial charge in [0.25, 0.3) is 0 Å². The number of hydrogen-bond acceptors (Lipinski definition) is 2. The van der Waals surface area contributed by atoms with Gasteiger partial charge in [-0.2, -0.15) is 5.10 Å². The number of hydrogen-bond donors (Lipinski definition) is 0. The highest BCUT2D eigenvalue weighted by Gasteiger charge is 1.96. The minimum absolute atomic E-state index is 0.984. The van der Waals surface area contributed by atoms with Crippen LogP contribution in [0.25, 0.3) is 0 Å². The van der Waals surface area contributed by atoms with Crippen LogP contribution >= 0.6 is 0 Å². The number of aromatic nitrogens is 2. The fourth-order valence-electron chi connectivity index (χ4n) is 1.02. The Kier molecular flexibility index (Phi) is 3.29. The van der Waals surface area contributed by atoms with E-state index >= 15 is 0 Å². The first kappa shape index (κ1) is 9.26. The second kappa shape index (κ2) is 4.26. The van der Waals surface area contributed by atoms with Crippen LogP contribution in [0.3, 0.4) is 0 Å². The van der Waals surface area contributed by atoms with Crippen LogP contribution in [-0.4, -0.2) is 34.8 Å². The third kappa shape index (κ3) is 2.66. The molecule has 1 aromatic heterocycles. The van der Waals surface area contributed by atoms with Gasteiger partial charge in [-0.25, -0.2) is 0 Å². The number of nitrogens with zero attached hydrogens (tertiary/aromatic N) is 3. The average molecular weight is 167 g/mol. The molecule has 0 spiro atoms. The molecule has 0 radical (unpaired) electrons. The van der Waals surface area contributed by atoms with Crippen molar-refractivity contribution in [3.8, 4) is 0 Å². The Morgan fingerprint density at radius 1 is 1.58 bits per heavy atom. The maximum absolute atomic E-state index is 4.21. The van der Waals surface area contributed by atoms with Crippen molar-refractivity contribution in [3.05, 3.63) is 18.0 Å². The smallest absolute Gasteiger partial charge is 0.0536 e. The molecule has 1 aromatic rings. The summed E-state index contributed by atoms with van der Waals surface area (Å²) in [4.78, 5) is 2.27. The zero-order valence-electron chi connectivity index (χ0n) is 8.12. The predicted molar refractivity (Wildman–Crippen MR) is 50.1 cm³/mol. The monoisotopic (exact) mass is 167 g/mol. The van der Waals surface area contributed by atoms with E-state index in [0.717, 1.165) is 19.6 Å². The summed E-state index contributed by atoms with van der Waals surface area (Å²) in [5.74, 6) is 0. The lowest BCUT2D eigenvalue weighted by molar-refractivity contribution is 0.328. The molecule has 12 heavy (non-hydrogen) atoms. The van der Waals surface area contributed by atoms with Crippen LogP contribution in [-0.2, 0) is 6.54 Å². The molecule has 68 valence electrons. The van der Waals surface area contributed by atoms with Crippen LogP contribution in [0.15, 0.2) is 12.4 Å². The third-order valence-electron chi connectivity index (χ3n) is 2.01. The van der Waals surface area contributed by atoms with Crippen LogP contribution in [0, 0.1) is 6.92 Å². The Labute approximate surface area is 74.0 Å². The molecule has 0 unspecified atom stereocenters. The van der Waals surface area contributed by atoms with E-state index in [1.54, 1.807) is 0 Å². The van der Waals surface area contributed by atoms with E-state index in [9.17, 15) is 0 Å². The van der Waals surface area contributed by atoms with E-state index in [-0.39, 0.29) is 0 Å². The van der Waals surface area contributed by atoms with Crippen LogP contribution in [0.5, 0.6) is 0 Å². The summed E-state index contributed by atoms with van der Waals surface area (Å²) in [6.07, 6.45) is 3.97. The lowest BCUT2D eigenvalue weighted by atomic mass is 10.4. The van der Waals surface area contributed by atoms with Crippen molar-refractivity contribution in [1.29, 1.82) is 0 Å². The van der Waals surface area contributed by atoms with Crippen molar-refractivity contribution in [2.24, 2.45) is 0 Å². The summed E-state index contributed by atoms with van der Waals surface area (Å²) >= 11 is 0. The standard InChI is InChI=1S/C9H17N3/c1-4-11(3)5-6-12-8-9(2)7-10-12/h7-8H,4-6H2,1-3H3. The second-order valence-electron chi connectivity index (χ2n) is 3.18. The highest BCUT2D eigenvalue weighted by atomic mass is 15.3. The number of rotatable bonds is 4. The van der Waals surface area contributed by atoms with Gasteiger partial charge in [0.2, 0.25) is 0 Å². The normalized spacial score (nSPS) is 11.0. The molecule has 1 heterocycles. The van der Waals surface area contributed by atoms with Crippen molar-refractivity contribution >= 4 is 0 Å². The molecular weight excluding hydrogens is 150 g/mol. The fourth-order valence-corrected chi connectivity index (χ4v) is 1.02. The average Bonchev–Trinajstić information content (AvgIpc) is 2.47. The third-order valence-corrected chi connectivity index (χ3v) is 2.01. The molecule has 0 saturated heterocycles. The van der Waals surface area contributed by atoms with Crippen LogP contribution in [0.1, 0.15) is 12.5 Å². The topological polar surface area (TPSA) is 21.1 Å². The van der Waals surface area contributed by atoms with Crippen molar-refractivity contribution < 1.29 is 0 Å². The summed E-state index contributed by atoms with van der Waals surface area (Å²) in [6, 6.07) is 0. The van der Waals surface area contributed by atoms with Gasteiger partial charge in [-0.05, 0) is 26.1 Å². The minimum atomic E-state index is 0.984. The lowest BCUT2D eigenvalue weighted by Crippen LogP contribution is -2.22. The molecule has 3 heteroatoms. The molecule has 0 amide bonds. The largest absolute Gasteiger partial charge is 0.305 e. The SMILES string of the molecule is CCN(C)CCn1cc(C)cn1. The first-order valence-electron chi connectivity index (χ1n) is 4.40. The highest BCUT2D eigenvalue weighted by Crippen LogP contribution is 1.94. The van der Waals surface area contributed by atoms with E-state index in [2.05, 4.69) is 37.1 Å². The van der Waals surface area contributed by atoms with Crippen LogP contribution < -0.4 is 0 Å². The summed E-state index contributed by atoms with van der Waals surface area (Å²) in [5, 5.41) is 4.21. The molecule has 3 nitrogen and oxygen atoms in total. The molecule has 0 aliphatic carbocycles. The zero-order valence-corrected chi connectivity index (χ0v) is 8.12. The zero-order chi connectivity index (χ0) is 8.97. The molecule has 0 fully saturated rings. The molecule has 0 aromatic carbocycles. The van der Waals surface area contributed by atoms with Crippen molar-refractivity contribution in [2.45, 2.75) is 20.4 Å². The predicted octanol–water partition coefficient (Wildman–Crippen LogP) is 1.14. The van der Waals surface area contributed by atoms with Gasteiger partial charge in [0, 0.05) is 12.7 Å². The number of aryl methyl sites for hydroxylation is 1. The van der Waals surface area contributed by atoms with Crippen molar-refractivity contribution in [3.63, 3.8) is 0 Å². The first-order valence-corrected chi connectivity index (χ1v) is 4.40. The molecule has 0 aliphatic rings. The van der Waals surface area contributed by atoms with Gasteiger partial charge in [-0.3, -0.25) is 4.68 Å². The fraction of sp³-hybridized carbons (Fsp3) is 0.667. The van der Waals surface area contributed by atoms with Gasteiger partial charge >= 0.3 is 0 Å². The Bertz CT molecular complexity index is 229. The minimum Gasteiger partial charge on any atom is -0.305 e. The number of likely N-dealkylation sites (N-methyl/N-ethyl adjacent to an activating group) is 1. The van der Waals surface area contributed by atoms with Crippen LogP contribution in [0.2, 0.25) is 0 Å². The maximum atomic E-state index is 4.21. The quantitative estimate of drug-likeness (QED) is 0.670. The Hall–Kier alpha value is -0.830. The Morgan fingerprint density at radius 2 is 2.33 bits per heavy atom. The Balaban J connectivity index is 2.33. The molecular formula is C9H17N3. The van der Waals surface area contributed by atoms with Gasteiger partial charge in [-0.15, -0.1) is 0 Å². The van der Waals surface area contributed by atoms with Gasteiger partial charge < -0.3 is 4.90 Å². The van der Waals surface area contributed by atoms with Crippen molar-refractivity contribution in [2.75, 3.05) is 20.1 Å². The lowest BCUT2D eigenvalue weighted by Gasteiger charge is -2.12. The summed E-state index contributed by atoms with van der Waals surface area (Å²) in [5.41, 5.74) is 1.23. The molecule has 0 saturated carbocycles. The van der Waals surface area contributed by atoms with E-state index in [0.29, 0.717) is 0 Å². The molecule has 1 rings (SSSR count). The van der Waals surface area contributed by atoms with E-state index in [4.69, 9.17) is 0 Å². The highest BCUT2D eigenvalue weighted by molar-refractivity contribution is 4.99. The molecule has 0 N–H and O–H groups in total. The van der Waals surface area contributed by atoms with Gasteiger partial charge in [-0.1, -0.05) is 6.92 Å². The van der Waals surface area contributed by atoms with E-state index < -0.39 is 0 Å². The summed E-state index contributed by atoms with van der Waals surface area (Å²) < 4.78 is 1.99. The van der Waals surface area contributed by atoms with Crippen LogP contribution in [0.4, 0.5) is 0 Å². The van der Waals surface area contributed by atoms with Crippen molar-refractivity contribution in [1.82, 2.24) is 14.7 Å². The van der Waals surface area contributed by atoms with Gasteiger partial charge in [0.1, 0.15) is 0 Å². The molecule has 0 aliphatic heterocycles. The summed E-state index contributed by atoms with van der Waals surface area (Å²) in [6.45, 7) is 7.37. The molecule has 0 atom stereocenters. The van der Waals surface area contributed by atoms with E-state index in [1.165, 1.54) is 5.56 Å².